The summed E-state index contributed by atoms with van der Waals surface area (Å²) in [6.45, 7) is 3.27. The number of hydrogen-bond donors (Lipinski definition) is 1. The van der Waals surface area contributed by atoms with Crippen LogP contribution in [0.25, 0.3) is 0 Å². The lowest BCUT2D eigenvalue weighted by Gasteiger charge is -2.09. The molecule has 0 spiro atoms. The molecule has 5 heteroatoms. The summed E-state index contributed by atoms with van der Waals surface area (Å²) >= 11 is 0. The highest BCUT2D eigenvalue weighted by Gasteiger charge is 2.09. The van der Waals surface area contributed by atoms with Crippen molar-refractivity contribution in [3.63, 3.8) is 0 Å². The van der Waals surface area contributed by atoms with Crippen molar-refractivity contribution in [1.82, 2.24) is 20.1 Å². The van der Waals surface area contributed by atoms with E-state index in [-0.39, 0.29) is 5.91 Å². The molecule has 0 fully saturated rings. The van der Waals surface area contributed by atoms with Crippen LogP contribution in [0.3, 0.4) is 0 Å². The van der Waals surface area contributed by atoms with Crippen molar-refractivity contribution in [1.29, 1.82) is 0 Å². The maximum absolute atomic E-state index is 12.3. The van der Waals surface area contributed by atoms with Gasteiger partial charge in [0, 0.05) is 36.9 Å². The molecule has 1 amide bonds. The average Bonchev–Trinajstić information content (AvgIpc) is 3.14. The quantitative estimate of drug-likeness (QED) is 0.760. The molecule has 0 aliphatic rings. The summed E-state index contributed by atoms with van der Waals surface area (Å²) in [5.74, 6) is -0.0603. The van der Waals surface area contributed by atoms with Gasteiger partial charge in [-0.1, -0.05) is 31.2 Å². The molecule has 3 aromatic rings. The van der Waals surface area contributed by atoms with Crippen LogP contribution in [0.5, 0.6) is 0 Å². The second kappa shape index (κ2) is 7.55. The second-order valence-corrected chi connectivity index (χ2v) is 5.59. The van der Waals surface area contributed by atoms with E-state index in [1.807, 2.05) is 36.0 Å². The van der Waals surface area contributed by atoms with E-state index in [2.05, 4.69) is 27.5 Å². The first-order chi connectivity index (χ1) is 11.8. The first-order valence-corrected chi connectivity index (χ1v) is 8.02. The minimum Gasteiger partial charge on any atom is -0.348 e. The summed E-state index contributed by atoms with van der Waals surface area (Å²) < 4.78 is 1.88. The van der Waals surface area contributed by atoms with E-state index in [0.717, 1.165) is 24.1 Å². The first-order valence-electron chi connectivity index (χ1n) is 8.02. The minimum absolute atomic E-state index is 0.0603. The van der Waals surface area contributed by atoms with Gasteiger partial charge in [0.25, 0.3) is 5.91 Å². The third-order valence-electron chi connectivity index (χ3n) is 3.91. The van der Waals surface area contributed by atoms with Crippen LogP contribution >= 0.6 is 0 Å². The van der Waals surface area contributed by atoms with Crippen molar-refractivity contribution in [2.75, 3.05) is 0 Å². The summed E-state index contributed by atoms with van der Waals surface area (Å²) in [6, 6.07) is 11.9. The molecule has 122 valence electrons. The standard InChI is InChI=1S/C19H20N4O/c1-2-17-13-20-10-8-18(17)19(24)21-12-15-4-6-16(7-5-15)14-23-11-3-9-22-23/h3-11,13H,2,12,14H2,1H3,(H,21,24). The van der Waals surface area contributed by atoms with E-state index in [1.54, 1.807) is 24.7 Å². The minimum atomic E-state index is -0.0603. The van der Waals surface area contributed by atoms with Crippen LogP contribution in [0.4, 0.5) is 0 Å². The van der Waals surface area contributed by atoms with E-state index in [4.69, 9.17) is 0 Å². The van der Waals surface area contributed by atoms with Gasteiger partial charge in [0.05, 0.1) is 6.54 Å². The van der Waals surface area contributed by atoms with Gasteiger partial charge in [0.2, 0.25) is 0 Å². The molecule has 2 aromatic heterocycles. The zero-order valence-electron chi connectivity index (χ0n) is 13.6. The van der Waals surface area contributed by atoms with E-state index in [9.17, 15) is 4.79 Å². The molecule has 0 unspecified atom stereocenters. The predicted octanol–water partition coefficient (Wildman–Crippen LogP) is 2.82. The summed E-state index contributed by atoms with van der Waals surface area (Å²) in [5, 5.41) is 7.17. The Bertz CT molecular complexity index is 794. The highest BCUT2D eigenvalue weighted by Crippen LogP contribution is 2.09. The molecule has 1 N–H and O–H groups in total. The third-order valence-corrected chi connectivity index (χ3v) is 3.91. The molecular weight excluding hydrogens is 300 g/mol. The molecule has 0 aliphatic heterocycles. The summed E-state index contributed by atoms with van der Waals surface area (Å²) in [7, 11) is 0. The van der Waals surface area contributed by atoms with Gasteiger partial charge in [-0.05, 0) is 35.2 Å². The molecule has 5 nitrogen and oxygen atoms in total. The Hall–Kier alpha value is -2.95. The summed E-state index contributed by atoms with van der Waals surface area (Å²) in [5.41, 5.74) is 3.91. The van der Waals surface area contributed by atoms with Crippen molar-refractivity contribution < 1.29 is 4.79 Å². The Labute approximate surface area is 141 Å². The highest BCUT2D eigenvalue weighted by molar-refractivity contribution is 5.95. The predicted molar refractivity (Wildman–Crippen MR) is 92.6 cm³/mol. The molecule has 24 heavy (non-hydrogen) atoms. The lowest BCUT2D eigenvalue weighted by Crippen LogP contribution is -2.24. The van der Waals surface area contributed by atoms with E-state index < -0.39 is 0 Å². The summed E-state index contributed by atoms with van der Waals surface area (Å²) in [4.78, 5) is 16.4. The topological polar surface area (TPSA) is 59.8 Å². The van der Waals surface area contributed by atoms with Gasteiger partial charge in [-0.2, -0.15) is 5.10 Å². The number of aryl methyl sites for hydroxylation is 1. The van der Waals surface area contributed by atoms with Gasteiger partial charge < -0.3 is 5.32 Å². The fourth-order valence-electron chi connectivity index (χ4n) is 2.55. The molecule has 0 atom stereocenters. The number of benzene rings is 1. The van der Waals surface area contributed by atoms with Crippen LogP contribution in [-0.4, -0.2) is 20.7 Å². The van der Waals surface area contributed by atoms with Crippen LogP contribution in [0.2, 0.25) is 0 Å². The Balaban J connectivity index is 1.59. The Morgan fingerprint density at radius 3 is 2.62 bits per heavy atom. The van der Waals surface area contributed by atoms with Gasteiger partial charge in [0.1, 0.15) is 0 Å². The van der Waals surface area contributed by atoms with Crippen molar-refractivity contribution in [3.8, 4) is 0 Å². The molecule has 3 rings (SSSR count). The highest BCUT2D eigenvalue weighted by atomic mass is 16.1. The largest absolute Gasteiger partial charge is 0.348 e. The van der Waals surface area contributed by atoms with Gasteiger partial charge in [-0.25, -0.2) is 0 Å². The average molecular weight is 320 g/mol. The molecular formula is C19H20N4O. The van der Waals surface area contributed by atoms with Crippen molar-refractivity contribution in [2.45, 2.75) is 26.4 Å². The van der Waals surface area contributed by atoms with Crippen LogP contribution in [-0.2, 0) is 19.5 Å². The summed E-state index contributed by atoms with van der Waals surface area (Å²) in [6.07, 6.45) is 7.90. The number of nitrogens with zero attached hydrogens (tertiary/aromatic N) is 3. The first kappa shape index (κ1) is 15.9. The van der Waals surface area contributed by atoms with Gasteiger partial charge in [0.15, 0.2) is 0 Å². The van der Waals surface area contributed by atoms with Crippen LogP contribution in [0.15, 0.2) is 61.2 Å². The smallest absolute Gasteiger partial charge is 0.251 e. The molecule has 0 saturated carbocycles. The monoisotopic (exact) mass is 320 g/mol. The second-order valence-electron chi connectivity index (χ2n) is 5.59. The van der Waals surface area contributed by atoms with Gasteiger partial charge in [-0.3, -0.25) is 14.5 Å². The number of hydrogen-bond acceptors (Lipinski definition) is 3. The van der Waals surface area contributed by atoms with E-state index in [0.29, 0.717) is 12.1 Å². The lowest BCUT2D eigenvalue weighted by molar-refractivity contribution is 0.0950. The van der Waals surface area contributed by atoms with Crippen molar-refractivity contribution in [3.05, 3.63) is 83.4 Å². The fraction of sp³-hybridized carbons (Fsp3) is 0.211. The van der Waals surface area contributed by atoms with Gasteiger partial charge in [-0.15, -0.1) is 0 Å². The maximum Gasteiger partial charge on any atom is 0.251 e. The van der Waals surface area contributed by atoms with Crippen LogP contribution < -0.4 is 5.32 Å². The van der Waals surface area contributed by atoms with Crippen LogP contribution in [0.1, 0.15) is 34.0 Å². The Kier molecular flexibility index (Phi) is 5.01. The zero-order chi connectivity index (χ0) is 16.8. The zero-order valence-corrected chi connectivity index (χ0v) is 13.6. The fourth-order valence-corrected chi connectivity index (χ4v) is 2.55. The molecule has 0 radical (unpaired) electrons. The molecule has 0 saturated heterocycles. The molecule has 0 aliphatic carbocycles. The number of aromatic nitrogens is 3. The number of nitrogens with one attached hydrogen (secondary N) is 1. The number of rotatable bonds is 6. The normalized spacial score (nSPS) is 10.5. The Morgan fingerprint density at radius 1 is 1.12 bits per heavy atom. The lowest BCUT2D eigenvalue weighted by atomic mass is 10.1. The molecule has 2 heterocycles. The van der Waals surface area contributed by atoms with Gasteiger partial charge >= 0.3 is 0 Å². The SMILES string of the molecule is CCc1cnccc1C(=O)NCc1ccc(Cn2cccn2)cc1. The van der Waals surface area contributed by atoms with E-state index in [1.165, 1.54) is 5.56 Å². The maximum atomic E-state index is 12.3. The number of carbonyl (C=O) groups is 1. The van der Waals surface area contributed by atoms with Crippen molar-refractivity contribution >= 4 is 5.91 Å². The van der Waals surface area contributed by atoms with Crippen molar-refractivity contribution in [2.24, 2.45) is 0 Å². The van der Waals surface area contributed by atoms with Crippen LogP contribution in [0, 0.1) is 0 Å². The number of pyridine rings is 1. The number of amides is 1. The molecule has 1 aromatic carbocycles. The Morgan fingerprint density at radius 2 is 1.92 bits per heavy atom. The molecule has 0 bridgehead atoms. The third kappa shape index (κ3) is 3.87. The van der Waals surface area contributed by atoms with E-state index >= 15 is 0 Å². The number of carbonyl (C=O) groups excluding carboxylic acids is 1.